The monoisotopic (exact) mass is 468 g/mol. The van der Waals surface area contributed by atoms with Gasteiger partial charge >= 0.3 is 5.97 Å². The van der Waals surface area contributed by atoms with E-state index < -0.39 is 17.9 Å². The standard InChI is InChI=1S/C25H25ClN2O5/c1-33-25(32)17-8-12-20(13-9-17)28-23(30)15-21(24(28)31)27(19-4-2-3-5-19)22(29)14-16-6-10-18(26)11-7-16/h6-13,19,21H,2-5,14-15H2,1H3. The van der Waals surface area contributed by atoms with Crippen molar-refractivity contribution < 1.29 is 23.9 Å². The van der Waals surface area contributed by atoms with Crippen molar-refractivity contribution in [1.82, 2.24) is 4.90 Å². The van der Waals surface area contributed by atoms with Crippen molar-refractivity contribution in [2.24, 2.45) is 0 Å². The number of ether oxygens (including phenoxy) is 1. The Labute approximate surface area is 197 Å². The van der Waals surface area contributed by atoms with E-state index >= 15 is 0 Å². The van der Waals surface area contributed by atoms with E-state index in [4.69, 9.17) is 16.3 Å². The van der Waals surface area contributed by atoms with Gasteiger partial charge in [0.15, 0.2) is 0 Å². The summed E-state index contributed by atoms with van der Waals surface area (Å²) in [6.07, 6.45) is 3.70. The molecule has 1 saturated carbocycles. The van der Waals surface area contributed by atoms with Gasteiger partial charge in [0.25, 0.3) is 5.91 Å². The van der Waals surface area contributed by atoms with Crippen LogP contribution in [0.2, 0.25) is 5.02 Å². The molecule has 2 aromatic rings. The van der Waals surface area contributed by atoms with Crippen LogP contribution >= 0.6 is 11.6 Å². The molecule has 0 spiro atoms. The molecule has 2 aliphatic rings. The Kier molecular flexibility index (Phi) is 6.79. The number of methoxy groups -OCH3 is 1. The SMILES string of the molecule is COC(=O)c1ccc(N2C(=O)CC(N(C(=O)Cc3ccc(Cl)cc3)C3CCCC3)C2=O)cc1. The Bertz CT molecular complexity index is 1060. The smallest absolute Gasteiger partial charge is 0.337 e. The summed E-state index contributed by atoms with van der Waals surface area (Å²) in [5, 5.41) is 0.587. The van der Waals surface area contributed by atoms with E-state index in [1.54, 1.807) is 41.3 Å². The minimum Gasteiger partial charge on any atom is -0.465 e. The number of anilines is 1. The highest BCUT2D eigenvalue weighted by molar-refractivity contribution is 6.30. The summed E-state index contributed by atoms with van der Waals surface area (Å²) in [7, 11) is 1.28. The summed E-state index contributed by atoms with van der Waals surface area (Å²) in [6.45, 7) is 0. The van der Waals surface area contributed by atoms with Gasteiger partial charge in [0.1, 0.15) is 6.04 Å². The first kappa shape index (κ1) is 23.0. The number of halogens is 1. The summed E-state index contributed by atoms with van der Waals surface area (Å²) < 4.78 is 4.69. The Morgan fingerprint density at radius 3 is 2.27 bits per heavy atom. The van der Waals surface area contributed by atoms with E-state index in [2.05, 4.69) is 0 Å². The second kappa shape index (κ2) is 9.75. The number of benzene rings is 2. The molecule has 172 valence electrons. The summed E-state index contributed by atoms with van der Waals surface area (Å²) in [5.74, 6) is -1.45. The molecular weight excluding hydrogens is 444 g/mol. The fourth-order valence-electron chi connectivity index (χ4n) is 4.65. The highest BCUT2D eigenvalue weighted by Crippen LogP contribution is 2.32. The van der Waals surface area contributed by atoms with Crippen LogP contribution in [-0.2, 0) is 25.5 Å². The first-order chi connectivity index (χ1) is 15.9. The Morgan fingerprint density at radius 2 is 1.67 bits per heavy atom. The average molecular weight is 469 g/mol. The zero-order valence-corrected chi connectivity index (χ0v) is 19.1. The van der Waals surface area contributed by atoms with Crippen LogP contribution in [0.1, 0.15) is 48.0 Å². The number of amides is 3. The van der Waals surface area contributed by atoms with Crippen molar-refractivity contribution in [3.05, 3.63) is 64.7 Å². The number of hydrogen-bond acceptors (Lipinski definition) is 5. The van der Waals surface area contributed by atoms with Gasteiger partial charge in [-0.2, -0.15) is 0 Å². The first-order valence-corrected chi connectivity index (χ1v) is 11.4. The molecule has 1 atom stereocenters. The van der Waals surface area contributed by atoms with Crippen molar-refractivity contribution in [3.63, 3.8) is 0 Å². The Morgan fingerprint density at radius 1 is 1.03 bits per heavy atom. The molecule has 1 heterocycles. The molecule has 7 nitrogen and oxygen atoms in total. The average Bonchev–Trinajstić information content (AvgIpc) is 3.44. The number of hydrogen-bond donors (Lipinski definition) is 0. The van der Waals surface area contributed by atoms with Crippen molar-refractivity contribution in [2.45, 2.75) is 50.6 Å². The van der Waals surface area contributed by atoms with Crippen LogP contribution in [0.4, 0.5) is 5.69 Å². The van der Waals surface area contributed by atoms with Crippen LogP contribution in [0.25, 0.3) is 0 Å². The van der Waals surface area contributed by atoms with Crippen LogP contribution in [0, 0.1) is 0 Å². The molecule has 2 fully saturated rings. The maximum Gasteiger partial charge on any atom is 0.337 e. The summed E-state index contributed by atoms with van der Waals surface area (Å²) in [5.41, 5.74) is 1.50. The van der Waals surface area contributed by atoms with E-state index in [1.807, 2.05) is 0 Å². The minimum atomic E-state index is -0.833. The maximum atomic E-state index is 13.4. The maximum absolute atomic E-state index is 13.4. The fourth-order valence-corrected chi connectivity index (χ4v) is 4.78. The molecule has 33 heavy (non-hydrogen) atoms. The van der Waals surface area contributed by atoms with Crippen molar-refractivity contribution in [1.29, 1.82) is 0 Å². The van der Waals surface area contributed by atoms with Gasteiger partial charge in [0.2, 0.25) is 11.8 Å². The van der Waals surface area contributed by atoms with Crippen LogP contribution in [0.3, 0.4) is 0 Å². The third-order valence-electron chi connectivity index (χ3n) is 6.28. The lowest BCUT2D eigenvalue weighted by atomic mass is 10.1. The molecule has 1 unspecified atom stereocenters. The lowest BCUT2D eigenvalue weighted by Crippen LogP contribution is -2.50. The second-order valence-corrected chi connectivity index (χ2v) is 8.80. The largest absolute Gasteiger partial charge is 0.465 e. The van der Waals surface area contributed by atoms with E-state index in [9.17, 15) is 19.2 Å². The molecule has 4 rings (SSSR count). The van der Waals surface area contributed by atoms with Gasteiger partial charge in [-0.3, -0.25) is 14.4 Å². The molecule has 1 aliphatic heterocycles. The van der Waals surface area contributed by atoms with Gasteiger partial charge in [0.05, 0.1) is 31.2 Å². The van der Waals surface area contributed by atoms with E-state index in [0.717, 1.165) is 36.1 Å². The zero-order valence-electron chi connectivity index (χ0n) is 18.3. The highest BCUT2D eigenvalue weighted by Gasteiger charge is 2.46. The van der Waals surface area contributed by atoms with Gasteiger partial charge in [-0.05, 0) is 54.8 Å². The number of esters is 1. The molecule has 0 N–H and O–H groups in total. The summed E-state index contributed by atoms with van der Waals surface area (Å²) in [6, 6.07) is 12.3. The van der Waals surface area contributed by atoms with Crippen molar-refractivity contribution >= 4 is 41.0 Å². The highest BCUT2D eigenvalue weighted by atomic mass is 35.5. The molecule has 0 radical (unpaired) electrons. The lowest BCUT2D eigenvalue weighted by Gasteiger charge is -2.33. The predicted octanol–water partition coefficient (Wildman–Crippen LogP) is 3.77. The van der Waals surface area contributed by atoms with Gasteiger partial charge in [-0.15, -0.1) is 0 Å². The fraction of sp³-hybridized carbons (Fsp3) is 0.360. The quantitative estimate of drug-likeness (QED) is 0.476. The molecule has 1 saturated heterocycles. The van der Waals surface area contributed by atoms with Gasteiger partial charge in [0, 0.05) is 11.1 Å². The molecule has 1 aliphatic carbocycles. The number of carbonyl (C=O) groups excluding carboxylic acids is 4. The van der Waals surface area contributed by atoms with Gasteiger partial charge in [-0.25, -0.2) is 9.69 Å². The van der Waals surface area contributed by atoms with Gasteiger partial charge in [-0.1, -0.05) is 36.6 Å². The summed E-state index contributed by atoms with van der Waals surface area (Å²) in [4.78, 5) is 54.1. The first-order valence-electron chi connectivity index (χ1n) is 11.0. The predicted molar refractivity (Wildman–Crippen MR) is 123 cm³/mol. The minimum absolute atomic E-state index is 0.0551. The van der Waals surface area contributed by atoms with Crippen LogP contribution in [-0.4, -0.2) is 47.8 Å². The number of nitrogens with zero attached hydrogens (tertiary/aromatic N) is 2. The van der Waals surface area contributed by atoms with E-state index in [0.29, 0.717) is 16.3 Å². The lowest BCUT2D eigenvalue weighted by molar-refractivity contribution is -0.140. The molecule has 2 aromatic carbocycles. The molecule has 3 amide bonds. The normalized spacial score (nSPS) is 18.6. The Balaban J connectivity index is 1.58. The van der Waals surface area contributed by atoms with Crippen molar-refractivity contribution in [3.8, 4) is 0 Å². The number of rotatable bonds is 6. The Hall–Kier alpha value is -3.19. The van der Waals surface area contributed by atoms with E-state index in [1.165, 1.54) is 19.2 Å². The zero-order chi connectivity index (χ0) is 23.5. The van der Waals surface area contributed by atoms with Crippen molar-refractivity contribution in [2.75, 3.05) is 12.0 Å². The number of imide groups is 1. The second-order valence-electron chi connectivity index (χ2n) is 8.37. The molecule has 8 heteroatoms. The van der Waals surface area contributed by atoms with E-state index in [-0.39, 0.29) is 30.7 Å². The van der Waals surface area contributed by atoms with Crippen LogP contribution < -0.4 is 4.90 Å². The van der Waals surface area contributed by atoms with Crippen LogP contribution in [0.5, 0.6) is 0 Å². The molecule has 0 aromatic heterocycles. The topological polar surface area (TPSA) is 84.0 Å². The third kappa shape index (κ3) is 4.78. The summed E-state index contributed by atoms with van der Waals surface area (Å²) >= 11 is 5.95. The number of carbonyl (C=O) groups is 4. The molecule has 0 bridgehead atoms. The van der Waals surface area contributed by atoms with Gasteiger partial charge < -0.3 is 9.64 Å². The third-order valence-corrected chi connectivity index (χ3v) is 6.53. The molecular formula is C25H25ClN2O5. The van der Waals surface area contributed by atoms with Crippen LogP contribution in [0.15, 0.2) is 48.5 Å².